The van der Waals surface area contributed by atoms with Gasteiger partial charge in [-0.3, -0.25) is 4.79 Å². The van der Waals surface area contributed by atoms with Crippen LogP contribution in [0.4, 0.5) is 0 Å². The van der Waals surface area contributed by atoms with Crippen molar-refractivity contribution in [1.29, 1.82) is 0 Å². The van der Waals surface area contributed by atoms with Gasteiger partial charge in [-0.1, -0.05) is 32.6 Å². The van der Waals surface area contributed by atoms with E-state index in [-0.39, 0.29) is 11.9 Å². The maximum atomic E-state index is 11.8. The Morgan fingerprint density at radius 3 is 2.80 bits per heavy atom. The van der Waals surface area contributed by atoms with Gasteiger partial charge in [0.15, 0.2) is 5.78 Å². The average Bonchev–Trinajstić information content (AvgIpc) is 2.47. The highest BCUT2D eigenvalue weighted by Crippen LogP contribution is 2.34. The third-order valence-electron chi connectivity index (χ3n) is 4.34. The number of carbonyl (C=O) groups excluding carboxylic acids is 1. The number of ketones is 1. The summed E-state index contributed by atoms with van der Waals surface area (Å²) in [6.45, 7) is 2.17. The van der Waals surface area contributed by atoms with E-state index < -0.39 is 12.2 Å². The molecule has 2 N–H and O–H groups in total. The van der Waals surface area contributed by atoms with Crippen molar-refractivity contribution in [3.8, 4) is 0 Å². The lowest BCUT2D eigenvalue weighted by molar-refractivity contribution is -0.126. The van der Waals surface area contributed by atoms with E-state index in [1.807, 2.05) is 0 Å². The second-order valence-corrected chi connectivity index (χ2v) is 5.93. The summed E-state index contributed by atoms with van der Waals surface area (Å²) >= 11 is 0. The van der Waals surface area contributed by atoms with E-state index in [0.717, 1.165) is 19.3 Å². The number of aliphatic hydroxyl groups excluding tert-OH is 2. The maximum Gasteiger partial charge on any atom is 0.190 e. The van der Waals surface area contributed by atoms with Gasteiger partial charge in [-0.25, -0.2) is 0 Å². The SMILES string of the molecule is CCCCCC[C@H](O)[C@@H]1CCC2=C(CC[C@@H](O)C2=O)O1. The minimum Gasteiger partial charge on any atom is -0.492 e. The molecule has 0 amide bonds. The van der Waals surface area contributed by atoms with E-state index in [4.69, 9.17) is 4.74 Å². The van der Waals surface area contributed by atoms with Gasteiger partial charge in [-0.15, -0.1) is 0 Å². The number of Topliss-reactive ketones (excluding diaryl/α,β-unsaturated/α-hetero) is 1. The van der Waals surface area contributed by atoms with Crippen molar-refractivity contribution in [2.75, 3.05) is 0 Å². The third kappa shape index (κ3) is 3.61. The van der Waals surface area contributed by atoms with Crippen LogP contribution in [0, 0.1) is 0 Å². The number of hydrogen-bond acceptors (Lipinski definition) is 4. The van der Waals surface area contributed by atoms with Gasteiger partial charge in [0.2, 0.25) is 0 Å². The summed E-state index contributed by atoms with van der Waals surface area (Å²) < 4.78 is 5.83. The van der Waals surface area contributed by atoms with Crippen molar-refractivity contribution in [2.24, 2.45) is 0 Å². The fourth-order valence-electron chi connectivity index (χ4n) is 3.05. The number of aliphatic hydroxyl groups is 2. The maximum absolute atomic E-state index is 11.8. The zero-order valence-corrected chi connectivity index (χ0v) is 12.3. The minimum absolute atomic E-state index is 0.179. The van der Waals surface area contributed by atoms with Gasteiger partial charge in [-0.2, -0.15) is 0 Å². The first-order chi connectivity index (χ1) is 9.63. The number of ether oxygens (including phenoxy) is 1. The van der Waals surface area contributed by atoms with Crippen LogP contribution in [0.5, 0.6) is 0 Å². The number of hydrogen-bond donors (Lipinski definition) is 2. The molecule has 0 bridgehead atoms. The van der Waals surface area contributed by atoms with E-state index in [1.54, 1.807) is 0 Å². The Kier molecular flexibility index (Phi) is 5.61. The molecule has 0 unspecified atom stereocenters. The highest BCUT2D eigenvalue weighted by Gasteiger charge is 2.35. The Balaban J connectivity index is 1.85. The summed E-state index contributed by atoms with van der Waals surface area (Å²) in [5.41, 5.74) is 0.651. The molecule has 0 saturated heterocycles. The largest absolute Gasteiger partial charge is 0.492 e. The number of rotatable bonds is 6. The monoisotopic (exact) mass is 282 g/mol. The minimum atomic E-state index is -0.854. The quantitative estimate of drug-likeness (QED) is 0.734. The Labute approximate surface area is 120 Å². The summed E-state index contributed by atoms with van der Waals surface area (Å²) in [6.07, 6.45) is 6.22. The molecule has 2 aliphatic rings. The predicted octanol–water partition coefficient (Wildman–Crippen LogP) is 2.47. The molecule has 0 spiro atoms. The van der Waals surface area contributed by atoms with Crippen molar-refractivity contribution < 1.29 is 19.7 Å². The smallest absolute Gasteiger partial charge is 0.190 e. The molecule has 0 aromatic carbocycles. The van der Waals surface area contributed by atoms with Crippen molar-refractivity contribution in [3.05, 3.63) is 11.3 Å². The van der Waals surface area contributed by atoms with Gasteiger partial charge in [0, 0.05) is 12.0 Å². The molecule has 3 atom stereocenters. The van der Waals surface area contributed by atoms with E-state index in [9.17, 15) is 15.0 Å². The normalized spacial score (nSPS) is 28.1. The van der Waals surface area contributed by atoms with Gasteiger partial charge in [0.1, 0.15) is 18.0 Å². The van der Waals surface area contributed by atoms with Crippen LogP contribution in [0.2, 0.25) is 0 Å². The third-order valence-corrected chi connectivity index (χ3v) is 4.34. The lowest BCUT2D eigenvalue weighted by Crippen LogP contribution is -2.37. The van der Waals surface area contributed by atoms with Gasteiger partial charge in [0.05, 0.1) is 6.10 Å². The lowest BCUT2D eigenvalue weighted by atomic mass is 9.87. The average molecular weight is 282 g/mol. The summed E-state index contributed by atoms with van der Waals surface area (Å²) in [7, 11) is 0. The van der Waals surface area contributed by atoms with Crippen LogP contribution in [0.3, 0.4) is 0 Å². The first kappa shape index (κ1) is 15.5. The van der Waals surface area contributed by atoms with Crippen LogP contribution in [-0.4, -0.2) is 34.3 Å². The van der Waals surface area contributed by atoms with E-state index >= 15 is 0 Å². The van der Waals surface area contributed by atoms with Crippen LogP contribution in [0.15, 0.2) is 11.3 Å². The summed E-state index contributed by atoms with van der Waals surface area (Å²) in [6, 6.07) is 0. The molecule has 4 heteroatoms. The molecule has 0 aromatic heterocycles. The fourth-order valence-corrected chi connectivity index (χ4v) is 3.05. The molecule has 4 nitrogen and oxygen atoms in total. The Hall–Kier alpha value is -0.870. The summed E-state index contributed by atoms with van der Waals surface area (Å²) in [4.78, 5) is 11.8. The molecule has 1 heterocycles. The molecule has 1 aliphatic heterocycles. The molecule has 0 fully saturated rings. The second-order valence-electron chi connectivity index (χ2n) is 5.93. The fraction of sp³-hybridized carbons (Fsp3) is 0.812. The number of unbranched alkanes of at least 4 members (excludes halogenated alkanes) is 3. The molecular weight excluding hydrogens is 256 g/mol. The zero-order valence-electron chi connectivity index (χ0n) is 12.3. The first-order valence-electron chi connectivity index (χ1n) is 7.92. The van der Waals surface area contributed by atoms with Crippen molar-refractivity contribution in [1.82, 2.24) is 0 Å². The topological polar surface area (TPSA) is 66.8 Å². The van der Waals surface area contributed by atoms with Gasteiger partial charge >= 0.3 is 0 Å². The Morgan fingerprint density at radius 2 is 2.05 bits per heavy atom. The molecule has 20 heavy (non-hydrogen) atoms. The van der Waals surface area contributed by atoms with Crippen molar-refractivity contribution >= 4 is 5.78 Å². The highest BCUT2D eigenvalue weighted by molar-refractivity contribution is 6.00. The second kappa shape index (κ2) is 7.23. The Morgan fingerprint density at radius 1 is 1.25 bits per heavy atom. The summed E-state index contributed by atoms with van der Waals surface area (Å²) in [5.74, 6) is 0.534. The van der Waals surface area contributed by atoms with Crippen molar-refractivity contribution in [2.45, 2.75) is 83.0 Å². The van der Waals surface area contributed by atoms with Gasteiger partial charge in [0.25, 0.3) is 0 Å². The van der Waals surface area contributed by atoms with Crippen LogP contribution in [0.25, 0.3) is 0 Å². The standard InChI is InChI=1S/C16H26O4/c1-2-3-4-5-6-12(17)15-9-7-11-14(20-15)10-8-13(18)16(11)19/h12-13,15,17-18H,2-10H2,1H3/t12-,13+,15-/m0/s1. The van der Waals surface area contributed by atoms with Crippen LogP contribution < -0.4 is 0 Å². The van der Waals surface area contributed by atoms with E-state index in [2.05, 4.69) is 6.92 Å². The number of carbonyl (C=O) groups is 1. The molecular formula is C16H26O4. The zero-order chi connectivity index (χ0) is 14.5. The Bertz CT molecular complexity index is 375. The van der Waals surface area contributed by atoms with Crippen LogP contribution in [0.1, 0.15) is 64.7 Å². The number of allylic oxidation sites excluding steroid dienone is 1. The molecule has 1 aliphatic carbocycles. The van der Waals surface area contributed by atoms with Gasteiger partial charge < -0.3 is 14.9 Å². The van der Waals surface area contributed by atoms with Crippen molar-refractivity contribution in [3.63, 3.8) is 0 Å². The van der Waals surface area contributed by atoms with Crippen LogP contribution in [-0.2, 0) is 9.53 Å². The van der Waals surface area contributed by atoms with Gasteiger partial charge in [-0.05, 0) is 25.7 Å². The van der Waals surface area contributed by atoms with E-state index in [1.165, 1.54) is 12.8 Å². The highest BCUT2D eigenvalue weighted by atomic mass is 16.5. The first-order valence-corrected chi connectivity index (χ1v) is 7.92. The van der Waals surface area contributed by atoms with Crippen LogP contribution >= 0.6 is 0 Å². The molecule has 0 aromatic rings. The molecule has 2 rings (SSSR count). The summed E-state index contributed by atoms with van der Waals surface area (Å²) in [5, 5.41) is 19.8. The predicted molar refractivity (Wildman–Crippen MR) is 76.1 cm³/mol. The molecule has 0 saturated carbocycles. The molecule has 114 valence electrons. The lowest BCUT2D eigenvalue weighted by Gasteiger charge is -2.34. The van der Waals surface area contributed by atoms with E-state index in [0.29, 0.717) is 37.0 Å². The molecule has 0 radical (unpaired) electrons.